The van der Waals surface area contributed by atoms with Gasteiger partial charge in [-0.05, 0) is 6.92 Å². The summed E-state index contributed by atoms with van der Waals surface area (Å²) in [7, 11) is 1.73. The van der Waals surface area contributed by atoms with Gasteiger partial charge < -0.3 is 5.11 Å². The largest absolute Gasteiger partial charge is 0.393 e. The number of alkyl halides is 1. The SMILES string of the molecule is Cc1nn(C[C@H](F)CO)c(=O)n1-c1ccn(C)n1. The van der Waals surface area contributed by atoms with Crippen LogP contribution in [0.25, 0.3) is 5.82 Å². The van der Waals surface area contributed by atoms with Crippen LogP contribution < -0.4 is 5.69 Å². The first-order valence-corrected chi connectivity index (χ1v) is 5.44. The van der Waals surface area contributed by atoms with Crippen LogP contribution in [-0.2, 0) is 13.6 Å². The molecule has 2 heterocycles. The average Bonchev–Trinajstić information content (AvgIpc) is 2.84. The summed E-state index contributed by atoms with van der Waals surface area (Å²) in [4.78, 5) is 12.0. The molecule has 0 saturated carbocycles. The van der Waals surface area contributed by atoms with E-state index in [1.165, 1.54) is 4.57 Å². The fourth-order valence-electron chi connectivity index (χ4n) is 1.67. The van der Waals surface area contributed by atoms with E-state index in [2.05, 4.69) is 10.2 Å². The van der Waals surface area contributed by atoms with Gasteiger partial charge in [-0.1, -0.05) is 0 Å². The maximum atomic E-state index is 13.1. The molecule has 0 bridgehead atoms. The average molecular weight is 255 g/mol. The summed E-state index contributed by atoms with van der Waals surface area (Å²) in [5.41, 5.74) is -0.470. The maximum absolute atomic E-state index is 13.1. The van der Waals surface area contributed by atoms with E-state index in [0.717, 1.165) is 4.68 Å². The van der Waals surface area contributed by atoms with E-state index in [1.807, 2.05) is 0 Å². The lowest BCUT2D eigenvalue weighted by molar-refractivity contribution is 0.157. The number of hydrogen-bond donors (Lipinski definition) is 1. The van der Waals surface area contributed by atoms with Crippen molar-refractivity contribution in [2.24, 2.45) is 7.05 Å². The van der Waals surface area contributed by atoms with Crippen LogP contribution in [0, 0.1) is 6.92 Å². The molecule has 2 aromatic rings. The zero-order chi connectivity index (χ0) is 13.3. The van der Waals surface area contributed by atoms with E-state index in [1.54, 1.807) is 30.9 Å². The molecule has 0 radical (unpaired) electrons. The third-order valence-electron chi connectivity index (χ3n) is 2.50. The van der Waals surface area contributed by atoms with Gasteiger partial charge in [0.2, 0.25) is 0 Å². The molecular weight excluding hydrogens is 241 g/mol. The molecule has 2 aromatic heterocycles. The third kappa shape index (κ3) is 2.19. The molecule has 2 rings (SSSR count). The second kappa shape index (κ2) is 4.73. The van der Waals surface area contributed by atoms with Crippen LogP contribution >= 0.6 is 0 Å². The molecule has 7 nitrogen and oxygen atoms in total. The predicted molar refractivity (Wildman–Crippen MR) is 61.3 cm³/mol. The number of hydrogen-bond acceptors (Lipinski definition) is 4. The molecule has 0 aromatic carbocycles. The van der Waals surface area contributed by atoms with Gasteiger partial charge in [0.25, 0.3) is 0 Å². The van der Waals surface area contributed by atoms with E-state index in [4.69, 9.17) is 5.11 Å². The lowest BCUT2D eigenvalue weighted by Crippen LogP contribution is -2.29. The first-order valence-electron chi connectivity index (χ1n) is 5.44. The minimum absolute atomic E-state index is 0.268. The van der Waals surface area contributed by atoms with Crippen molar-refractivity contribution in [3.63, 3.8) is 0 Å². The first-order chi connectivity index (χ1) is 8.52. The molecule has 0 unspecified atom stereocenters. The first kappa shape index (κ1) is 12.5. The standard InChI is InChI=1S/C10H14FN5O2/c1-7-12-15(5-8(11)6-17)10(18)16(7)9-3-4-14(2)13-9/h3-4,8,17H,5-6H2,1-2H3/t8-/m0/s1. The smallest absolute Gasteiger partial charge is 0.351 e. The quantitative estimate of drug-likeness (QED) is 0.792. The number of aromatic nitrogens is 5. The summed E-state index contributed by atoms with van der Waals surface area (Å²) in [5.74, 6) is 0.856. The summed E-state index contributed by atoms with van der Waals surface area (Å²) in [5, 5.41) is 16.7. The van der Waals surface area contributed by atoms with Crippen molar-refractivity contribution in [2.75, 3.05) is 6.61 Å². The van der Waals surface area contributed by atoms with Gasteiger partial charge in [0, 0.05) is 19.3 Å². The molecule has 0 aliphatic rings. The monoisotopic (exact) mass is 255 g/mol. The van der Waals surface area contributed by atoms with Gasteiger partial charge in [-0.15, -0.1) is 0 Å². The van der Waals surface area contributed by atoms with Gasteiger partial charge in [-0.25, -0.2) is 18.4 Å². The highest BCUT2D eigenvalue weighted by molar-refractivity contribution is 5.20. The highest BCUT2D eigenvalue weighted by Crippen LogP contribution is 2.03. The predicted octanol–water partition coefficient (Wildman–Crippen LogP) is -0.594. The number of aliphatic hydroxyl groups is 1. The molecule has 98 valence electrons. The van der Waals surface area contributed by atoms with Gasteiger partial charge in [-0.2, -0.15) is 10.2 Å². The van der Waals surface area contributed by atoms with Crippen LogP contribution in [0.2, 0.25) is 0 Å². The zero-order valence-corrected chi connectivity index (χ0v) is 10.1. The van der Waals surface area contributed by atoms with Crippen LogP contribution in [0.4, 0.5) is 4.39 Å². The summed E-state index contributed by atoms with van der Waals surface area (Å²) >= 11 is 0. The highest BCUT2D eigenvalue weighted by Gasteiger charge is 2.16. The Kier molecular flexibility index (Phi) is 3.28. The summed E-state index contributed by atoms with van der Waals surface area (Å²) in [6.45, 7) is 0.733. The van der Waals surface area contributed by atoms with E-state index >= 15 is 0 Å². The fraction of sp³-hybridized carbons (Fsp3) is 0.500. The summed E-state index contributed by atoms with van der Waals surface area (Å²) < 4.78 is 16.9. The minimum Gasteiger partial charge on any atom is -0.393 e. The number of aliphatic hydroxyl groups excluding tert-OH is 1. The maximum Gasteiger partial charge on any atom is 0.351 e. The molecule has 18 heavy (non-hydrogen) atoms. The van der Waals surface area contributed by atoms with Crippen molar-refractivity contribution in [3.8, 4) is 5.82 Å². The van der Waals surface area contributed by atoms with Crippen molar-refractivity contribution in [1.82, 2.24) is 24.1 Å². The van der Waals surface area contributed by atoms with Crippen LogP contribution in [0.5, 0.6) is 0 Å². The number of aryl methyl sites for hydroxylation is 2. The minimum atomic E-state index is -1.51. The van der Waals surface area contributed by atoms with Crippen molar-refractivity contribution >= 4 is 0 Å². The second-order valence-corrected chi connectivity index (χ2v) is 3.97. The van der Waals surface area contributed by atoms with Crippen LogP contribution in [0.15, 0.2) is 17.1 Å². The van der Waals surface area contributed by atoms with E-state index in [0.29, 0.717) is 11.6 Å². The Morgan fingerprint density at radius 1 is 1.50 bits per heavy atom. The van der Waals surface area contributed by atoms with Crippen molar-refractivity contribution < 1.29 is 9.50 Å². The second-order valence-electron chi connectivity index (χ2n) is 3.97. The summed E-state index contributed by atoms with van der Waals surface area (Å²) in [6, 6.07) is 1.67. The molecule has 0 spiro atoms. The summed E-state index contributed by atoms with van der Waals surface area (Å²) in [6.07, 6.45) is 0.193. The molecule has 0 amide bonds. The highest BCUT2D eigenvalue weighted by atomic mass is 19.1. The molecule has 1 atom stereocenters. The molecular formula is C10H14FN5O2. The lowest BCUT2D eigenvalue weighted by atomic mass is 10.4. The van der Waals surface area contributed by atoms with Crippen molar-refractivity contribution in [3.05, 3.63) is 28.6 Å². The normalized spacial score (nSPS) is 12.9. The van der Waals surface area contributed by atoms with Crippen molar-refractivity contribution in [1.29, 1.82) is 0 Å². The fourth-order valence-corrected chi connectivity index (χ4v) is 1.67. The zero-order valence-electron chi connectivity index (χ0n) is 10.1. The molecule has 1 N–H and O–H groups in total. The lowest BCUT2D eigenvalue weighted by Gasteiger charge is -2.02. The Morgan fingerprint density at radius 2 is 2.22 bits per heavy atom. The van der Waals surface area contributed by atoms with Gasteiger partial charge in [0.05, 0.1) is 13.2 Å². The molecule has 8 heteroatoms. The molecule has 0 fully saturated rings. The third-order valence-corrected chi connectivity index (χ3v) is 2.50. The molecule has 0 aliphatic heterocycles. The van der Waals surface area contributed by atoms with Gasteiger partial charge in [-0.3, -0.25) is 4.68 Å². The topological polar surface area (TPSA) is 77.9 Å². The number of nitrogens with zero attached hydrogens (tertiary/aromatic N) is 5. The Hall–Kier alpha value is -1.96. The Morgan fingerprint density at radius 3 is 2.78 bits per heavy atom. The Bertz CT molecular complexity index is 600. The van der Waals surface area contributed by atoms with Gasteiger partial charge >= 0.3 is 5.69 Å². The van der Waals surface area contributed by atoms with Crippen LogP contribution in [0.3, 0.4) is 0 Å². The molecule has 0 saturated heterocycles. The van der Waals surface area contributed by atoms with Crippen LogP contribution in [-0.4, -0.2) is 42.0 Å². The Labute approximate surface area is 102 Å². The Balaban J connectivity index is 2.41. The van der Waals surface area contributed by atoms with E-state index < -0.39 is 18.5 Å². The van der Waals surface area contributed by atoms with Crippen molar-refractivity contribution in [2.45, 2.75) is 19.6 Å². The molecule has 0 aliphatic carbocycles. The van der Waals surface area contributed by atoms with Gasteiger partial charge in [0.15, 0.2) is 5.82 Å². The van der Waals surface area contributed by atoms with Gasteiger partial charge in [0.1, 0.15) is 12.0 Å². The number of rotatable bonds is 4. The van der Waals surface area contributed by atoms with Crippen LogP contribution in [0.1, 0.15) is 5.82 Å². The van der Waals surface area contributed by atoms with E-state index in [9.17, 15) is 9.18 Å². The van der Waals surface area contributed by atoms with E-state index in [-0.39, 0.29) is 6.54 Å². The number of halogens is 1.